The van der Waals surface area contributed by atoms with E-state index in [1.807, 2.05) is 20.3 Å². The smallest absolute Gasteiger partial charge is 0.311 e. The zero-order valence-electron chi connectivity index (χ0n) is 12.1. The number of carbonyl (C=O) groups is 2. The first-order valence-corrected chi connectivity index (χ1v) is 6.56. The predicted molar refractivity (Wildman–Crippen MR) is 73.3 cm³/mol. The Hall–Kier alpha value is -1.89. The minimum atomic E-state index is -0.377. The van der Waals surface area contributed by atoms with Crippen LogP contribution in [0.3, 0.4) is 0 Å². The van der Waals surface area contributed by atoms with Gasteiger partial charge in [0.15, 0.2) is 0 Å². The van der Waals surface area contributed by atoms with Gasteiger partial charge in [0.25, 0.3) is 0 Å². The molecule has 7 heteroatoms. The van der Waals surface area contributed by atoms with Crippen molar-refractivity contribution in [2.45, 2.75) is 13.0 Å². The van der Waals surface area contributed by atoms with Crippen molar-refractivity contribution in [3.63, 3.8) is 0 Å². The highest BCUT2D eigenvalue weighted by Gasteiger charge is 2.36. The topological polar surface area (TPSA) is 67.7 Å². The molecule has 1 atom stereocenters. The number of nitrogens with zero attached hydrogens (tertiary/aromatic N) is 4. The third kappa shape index (κ3) is 3.16. The molecule has 20 heavy (non-hydrogen) atoms. The van der Waals surface area contributed by atoms with Crippen molar-refractivity contribution in [3.05, 3.63) is 12.4 Å². The molecule has 110 valence electrons. The molecule has 2 rings (SSSR count). The lowest BCUT2D eigenvalue weighted by Gasteiger charge is -2.13. The van der Waals surface area contributed by atoms with E-state index in [-0.39, 0.29) is 24.2 Å². The van der Waals surface area contributed by atoms with Crippen LogP contribution < -0.4 is 4.90 Å². The molecule has 1 fully saturated rings. The number of aromatic nitrogens is 2. The van der Waals surface area contributed by atoms with Crippen molar-refractivity contribution in [1.82, 2.24) is 14.7 Å². The van der Waals surface area contributed by atoms with Crippen molar-refractivity contribution < 1.29 is 14.3 Å². The zero-order valence-corrected chi connectivity index (χ0v) is 12.1. The van der Waals surface area contributed by atoms with Gasteiger partial charge in [-0.05, 0) is 14.1 Å². The maximum absolute atomic E-state index is 12.0. The first-order chi connectivity index (χ1) is 9.51. The van der Waals surface area contributed by atoms with Gasteiger partial charge in [0.05, 0.1) is 31.5 Å². The van der Waals surface area contributed by atoms with Gasteiger partial charge in [0.1, 0.15) is 0 Å². The van der Waals surface area contributed by atoms with E-state index in [1.54, 1.807) is 15.8 Å². The number of likely N-dealkylation sites (N-methyl/N-ethyl adjacent to an activating group) is 1. The summed E-state index contributed by atoms with van der Waals surface area (Å²) < 4.78 is 6.49. The molecule has 1 aromatic rings. The van der Waals surface area contributed by atoms with E-state index >= 15 is 0 Å². The Bertz CT molecular complexity index is 498. The lowest BCUT2D eigenvalue weighted by Crippen LogP contribution is -2.25. The molecule has 1 aromatic heterocycles. The van der Waals surface area contributed by atoms with Crippen molar-refractivity contribution in [2.75, 3.05) is 39.2 Å². The molecule has 0 bridgehead atoms. The molecular weight excluding hydrogens is 260 g/mol. The molecule has 1 amide bonds. The molecule has 0 aromatic carbocycles. The maximum Gasteiger partial charge on any atom is 0.311 e. The van der Waals surface area contributed by atoms with E-state index in [4.69, 9.17) is 4.74 Å². The summed E-state index contributed by atoms with van der Waals surface area (Å²) in [5, 5.41) is 4.24. The van der Waals surface area contributed by atoms with Crippen molar-refractivity contribution >= 4 is 17.6 Å². The number of hydrogen-bond donors (Lipinski definition) is 0. The molecule has 0 saturated carbocycles. The summed E-state index contributed by atoms with van der Waals surface area (Å²) >= 11 is 0. The van der Waals surface area contributed by atoms with Gasteiger partial charge in [0, 0.05) is 25.7 Å². The lowest BCUT2D eigenvalue weighted by molar-refractivity contribution is -0.145. The average molecular weight is 280 g/mol. The highest BCUT2D eigenvalue weighted by molar-refractivity contribution is 5.99. The second-order valence-electron chi connectivity index (χ2n) is 5.19. The molecule has 0 spiro atoms. The Morgan fingerprint density at radius 1 is 1.55 bits per heavy atom. The number of ether oxygens (including phenoxy) is 1. The number of esters is 1. The van der Waals surface area contributed by atoms with Gasteiger partial charge in [0.2, 0.25) is 5.91 Å². The number of methoxy groups -OCH3 is 1. The molecule has 7 nitrogen and oxygen atoms in total. The Balaban J connectivity index is 2.01. The highest BCUT2D eigenvalue weighted by atomic mass is 16.5. The summed E-state index contributed by atoms with van der Waals surface area (Å²) in [5.74, 6) is -0.772. The molecule has 1 unspecified atom stereocenters. The quantitative estimate of drug-likeness (QED) is 0.709. The van der Waals surface area contributed by atoms with Crippen LogP contribution in [0.4, 0.5) is 5.69 Å². The Morgan fingerprint density at radius 2 is 2.30 bits per heavy atom. The number of anilines is 1. The summed E-state index contributed by atoms with van der Waals surface area (Å²) in [7, 11) is 5.33. The molecule has 0 N–H and O–H groups in total. The van der Waals surface area contributed by atoms with Crippen LogP contribution in [-0.2, 0) is 20.9 Å². The fourth-order valence-corrected chi connectivity index (χ4v) is 2.20. The van der Waals surface area contributed by atoms with Crippen LogP contribution in [0.2, 0.25) is 0 Å². The fraction of sp³-hybridized carbons (Fsp3) is 0.615. The second kappa shape index (κ2) is 6.04. The summed E-state index contributed by atoms with van der Waals surface area (Å²) in [4.78, 5) is 27.1. The van der Waals surface area contributed by atoms with Crippen LogP contribution in [0.5, 0.6) is 0 Å². The van der Waals surface area contributed by atoms with Crippen molar-refractivity contribution in [1.29, 1.82) is 0 Å². The summed E-state index contributed by atoms with van der Waals surface area (Å²) in [6, 6.07) is 0. The molecule has 2 heterocycles. The third-order valence-electron chi connectivity index (χ3n) is 3.37. The van der Waals surface area contributed by atoms with Crippen LogP contribution in [0.1, 0.15) is 6.42 Å². The van der Waals surface area contributed by atoms with Gasteiger partial charge in [-0.25, -0.2) is 0 Å². The zero-order chi connectivity index (χ0) is 14.7. The molecule has 0 aliphatic carbocycles. The number of amides is 1. The van der Waals surface area contributed by atoms with E-state index in [1.165, 1.54) is 7.11 Å². The minimum absolute atomic E-state index is 0.0624. The Kier molecular flexibility index (Phi) is 4.39. The van der Waals surface area contributed by atoms with E-state index in [9.17, 15) is 9.59 Å². The van der Waals surface area contributed by atoms with Crippen molar-refractivity contribution in [3.8, 4) is 0 Å². The molecule has 1 saturated heterocycles. The van der Waals surface area contributed by atoms with Gasteiger partial charge in [-0.1, -0.05) is 0 Å². The van der Waals surface area contributed by atoms with Crippen LogP contribution >= 0.6 is 0 Å². The Labute approximate surface area is 118 Å². The SMILES string of the molecule is COC(=O)C1CC(=O)N(c2cnn(CCN(C)C)c2)C1. The van der Waals surface area contributed by atoms with Crippen LogP contribution in [0, 0.1) is 5.92 Å². The monoisotopic (exact) mass is 280 g/mol. The maximum atomic E-state index is 12.0. The fourth-order valence-electron chi connectivity index (χ4n) is 2.20. The van der Waals surface area contributed by atoms with Gasteiger partial charge in [-0.15, -0.1) is 0 Å². The molecular formula is C13H20N4O3. The third-order valence-corrected chi connectivity index (χ3v) is 3.37. The Morgan fingerprint density at radius 3 is 2.95 bits per heavy atom. The van der Waals surface area contributed by atoms with Gasteiger partial charge in [-0.3, -0.25) is 14.3 Å². The van der Waals surface area contributed by atoms with E-state index in [2.05, 4.69) is 10.00 Å². The predicted octanol–water partition coefficient (Wildman–Crippen LogP) is -0.0294. The number of carbonyl (C=O) groups excluding carboxylic acids is 2. The first-order valence-electron chi connectivity index (χ1n) is 6.56. The highest BCUT2D eigenvalue weighted by Crippen LogP contribution is 2.25. The number of hydrogen-bond acceptors (Lipinski definition) is 5. The average Bonchev–Trinajstić information content (AvgIpc) is 3.01. The summed E-state index contributed by atoms with van der Waals surface area (Å²) in [5.41, 5.74) is 0.736. The number of rotatable bonds is 5. The van der Waals surface area contributed by atoms with Gasteiger partial charge < -0.3 is 14.5 Å². The van der Waals surface area contributed by atoms with E-state index in [0.717, 1.165) is 18.8 Å². The van der Waals surface area contributed by atoms with Gasteiger partial charge in [-0.2, -0.15) is 5.10 Å². The largest absolute Gasteiger partial charge is 0.469 e. The van der Waals surface area contributed by atoms with E-state index in [0.29, 0.717) is 6.54 Å². The van der Waals surface area contributed by atoms with Gasteiger partial charge >= 0.3 is 5.97 Å². The normalized spacial score (nSPS) is 18.9. The first kappa shape index (κ1) is 14.5. The standard InChI is InChI=1S/C13H20N4O3/c1-15(2)4-5-16-9-11(7-14-16)17-8-10(6-12(17)18)13(19)20-3/h7,9-10H,4-6,8H2,1-3H3. The van der Waals surface area contributed by atoms with Crippen LogP contribution in [0.25, 0.3) is 0 Å². The van der Waals surface area contributed by atoms with Crippen molar-refractivity contribution in [2.24, 2.45) is 5.92 Å². The minimum Gasteiger partial charge on any atom is -0.469 e. The molecule has 1 aliphatic rings. The van der Waals surface area contributed by atoms with Crippen LogP contribution in [0.15, 0.2) is 12.4 Å². The molecule has 1 aliphatic heterocycles. The molecule has 0 radical (unpaired) electrons. The van der Waals surface area contributed by atoms with E-state index < -0.39 is 0 Å². The summed E-state index contributed by atoms with van der Waals surface area (Å²) in [6.45, 7) is 2.00. The second-order valence-corrected chi connectivity index (χ2v) is 5.19. The summed E-state index contributed by atoms with van der Waals surface area (Å²) in [6.07, 6.45) is 3.70. The lowest BCUT2D eigenvalue weighted by atomic mass is 10.1. The van der Waals surface area contributed by atoms with Crippen LogP contribution in [-0.4, -0.2) is 60.9 Å².